The number of aromatic nitrogens is 1. The van der Waals surface area contributed by atoms with Gasteiger partial charge in [-0.1, -0.05) is 43.5 Å². The molecule has 0 atom stereocenters. The van der Waals surface area contributed by atoms with Gasteiger partial charge in [-0.05, 0) is 48.7 Å². The molecule has 0 radical (unpaired) electrons. The first-order chi connectivity index (χ1) is 15.6. The van der Waals surface area contributed by atoms with Crippen molar-refractivity contribution in [2.45, 2.75) is 6.92 Å². The van der Waals surface area contributed by atoms with Gasteiger partial charge in [0, 0.05) is 40.6 Å². The molecule has 32 heavy (non-hydrogen) atoms. The van der Waals surface area contributed by atoms with E-state index in [0.717, 1.165) is 39.1 Å². The largest absolute Gasteiger partial charge is 0.495 e. The second kappa shape index (κ2) is 10.6. The Morgan fingerprint density at radius 1 is 1.22 bits per heavy atom. The normalized spacial score (nSPS) is 11.2. The van der Waals surface area contributed by atoms with Gasteiger partial charge in [-0.15, -0.1) is 0 Å². The smallest absolute Gasteiger partial charge is 0.142 e. The number of methoxy groups -OCH3 is 1. The van der Waals surface area contributed by atoms with E-state index in [4.69, 9.17) is 10.00 Å². The third kappa shape index (κ3) is 5.24. The van der Waals surface area contributed by atoms with Crippen LogP contribution in [0.25, 0.3) is 22.0 Å². The minimum absolute atomic E-state index is 0.344. The molecule has 0 spiro atoms. The van der Waals surface area contributed by atoms with E-state index in [-0.39, 0.29) is 0 Å². The minimum Gasteiger partial charge on any atom is -0.495 e. The molecule has 3 aromatic rings. The van der Waals surface area contributed by atoms with Crippen LogP contribution in [-0.4, -0.2) is 18.6 Å². The van der Waals surface area contributed by atoms with Crippen molar-refractivity contribution >= 4 is 22.1 Å². The summed E-state index contributed by atoms with van der Waals surface area (Å²) in [5, 5.41) is 17.7. The summed E-state index contributed by atoms with van der Waals surface area (Å²) < 4.78 is 5.55. The van der Waals surface area contributed by atoms with Crippen LogP contribution in [0.5, 0.6) is 5.75 Å². The van der Waals surface area contributed by atoms with Gasteiger partial charge in [0.2, 0.25) is 0 Å². The van der Waals surface area contributed by atoms with Gasteiger partial charge in [0.25, 0.3) is 0 Å². The average Bonchev–Trinajstić information content (AvgIpc) is 2.84. The van der Waals surface area contributed by atoms with Gasteiger partial charge in [-0.2, -0.15) is 5.26 Å². The molecule has 0 aliphatic rings. The zero-order chi connectivity index (χ0) is 22.9. The fourth-order valence-corrected chi connectivity index (χ4v) is 3.24. The fourth-order valence-electron chi connectivity index (χ4n) is 3.24. The van der Waals surface area contributed by atoms with E-state index in [1.807, 2.05) is 55.5 Å². The molecule has 0 saturated carbocycles. The van der Waals surface area contributed by atoms with Crippen molar-refractivity contribution in [3.63, 3.8) is 0 Å². The number of nitriles is 1. The molecule has 0 saturated heterocycles. The molecule has 1 aromatic heterocycles. The van der Waals surface area contributed by atoms with Crippen molar-refractivity contribution in [2.75, 3.05) is 24.3 Å². The molecular formula is C27H26N4O. The molecule has 0 aliphatic heterocycles. The first-order valence-electron chi connectivity index (χ1n) is 10.2. The van der Waals surface area contributed by atoms with E-state index >= 15 is 0 Å². The van der Waals surface area contributed by atoms with Crippen LogP contribution in [-0.2, 0) is 0 Å². The molecule has 0 unspecified atom stereocenters. The molecule has 0 fully saturated rings. The van der Waals surface area contributed by atoms with Crippen LogP contribution in [0.3, 0.4) is 0 Å². The lowest BCUT2D eigenvalue weighted by atomic mass is 10.0. The number of ether oxygens (including phenoxy) is 1. The van der Waals surface area contributed by atoms with Crippen molar-refractivity contribution in [1.82, 2.24) is 4.98 Å². The van der Waals surface area contributed by atoms with E-state index < -0.39 is 0 Å². The minimum atomic E-state index is 0.344. The third-order valence-corrected chi connectivity index (χ3v) is 4.87. The standard InChI is InChI=1S/C27H26N4O/c1-5-7-8-22(6-2)31-23-13-14-29-25(16-23)21-10-9-20-11-12-26(32-4)27(24(20)15-21)30-18-19(3)17-28/h5-16,30H,2-3,18H2,1,4H3,(H,29,31)/b7-5-,22-8+. The highest BCUT2D eigenvalue weighted by Crippen LogP contribution is 2.36. The lowest BCUT2D eigenvalue weighted by Crippen LogP contribution is -2.05. The highest BCUT2D eigenvalue weighted by molar-refractivity contribution is 5.99. The summed E-state index contributed by atoms with van der Waals surface area (Å²) >= 11 is 0. The van der Waals surface area contributed by atoms with Crippen molar-refractivity contribution in [1.29, 1.82) is 5.26 Å². The Kier molecular flexibility index (Phi) is 7.45. The van der Waals surface area contributed by atoms with E-state index in [2.05, 4.69) is 47.0 Å². The molecule has 5 nitrogen and oxygen atoms in total. The predicted molar refractivity (Wildman–Crippen MR) is 134 cm³/mol. The number of nitrogens with zero attached hydrogens (tertiary/aromatic N) is 2. The Hall–Kier alpha value is -4.30. The van der Waals surface area contributed by atoms with E-state index in [1.54, 1.807) is 19.4 Å². The van der Waals surface area contributed by atoms with Gasteiger partial charge in [-0.3, -0.25) is 4.98 Å². The lowest BCUT2D eigenvalue weighted by molar-refractivity contribution is 0.417. The molecular weight excluding hydrogens is 396 g/mol. The van der Waals surface area contributed by atoms with Gasteiger partial charge >= 0.3 is 0 Å². The maximum atomic E-state index is 9.05. The summed E-state index contributed by atoms with van der Waals surface area (Å²) in [5.74, 6) is 0.702. The van der Waals surface area contributed by atoms with Gasteiger partial charge in [0.15, 0.2) is 0 Å². The summed E-state index contributed by atoms with van der Waals surface area (Å²) in [5.41, 5.74) is 4.88. The van der Waals surface area contributed by atoms with Crippen molar-refractivity contribution < 1.29 is 4.74 Å². The zero-order valence-corrected chi connectivity index (χ0v) is 18.4. The quantitative estimate of drug-likeness (QED) is 0.306. The number of nitrogens with one attached hydrogen (secondary N) is 2. The second-order valence-electron chi connectivity index (χ2n) is 7.05. The third-order valence-electron chi connectivity index (χ3n) is 4.87. The Morgan fingerprint density at radius 3 is 2.75 bits per heavy atom. The number of rotatable bonds is 9. The fraction of sp³-hybridized carbons (Fsp3) is 0.111. The van der Waals surface area contributed by atoms with Crippen molar-refractivity contribution in [2.24, 2.45) is 0 Å². The maximum Gasteiger partial charge on any atom is 0.142 e. The molecule has 5 heteroatoms. The maximum absolute atomic E-state index is 9.05. The predicted octanol–water partition coefficient (Wildman–Crippen LogP) is 6.46. The van der Waals surface area contributed by atoms with Crippen molar-refractivity contribution in [3.8, 4) is 23.1 Å². The first-order valence-corrected chi connectivity index (χ1v) is 10.2. The molecule has 160 valence electrons. The number of anilines is 2. The van der Waals surface area contributed by atoms with Gasteiger partial charge in [-0.25, -0.2) is 0 Å². The van der Waals surface area contributed by atoms with E-state index in [9.17, 15) is 0 Å². The van der Waals surface area contributed by atoms with Crippen LogP contribution in [0.1, 0.15) is 6.92 Å². The van der Waals surface area contributed by atoms with Crippen LogP contribution in [0.4, 0.5) is 11.4 Å². The molecule has 0 aliphatic carbocycles. The highest BCUT2D eigenvalue weighted by atomic mass is 16.5. The SMILES string of the molecule is C=C/C(=C\C=C/C)Nc1ccnc(-c2ccc3ccc(OC)c(NCC(=C)C#N)c3c2)c1. The number of allylic oxidation sites excluding steroid dienone is 4. The van der Waals surface area contributed by atoms with Crippen LogP contribution < -0.4 is 15.4 Å². The Bertz CT molecular complexity index is 1250. The number of fused-ring (bicyclic) bond motifs is 1. The summed E-state index contributed by atoms with van der Waals surface area (Å²) in [7, 11) is 1.63. The number of hydrogen-bond acceptors (Lipinski definition) is 5. The van der Waals surface area contributed by atoms with Crippen molar-refractivity contribution in [3.05, 3.63) is 97.4 Å². The number of hydrogen-bond donors (Lipinski definition) is 2. The monoisotopic (exact) mass is 422 g/mol. The molecule has 0 amide bonds. The second-order valence-corrected chi connectivity index (χ2v) is 7.05. The molecule has 3 rings (SSSR count). The van der Waals surface area contributed by atoms with Crippen LogP contribution in [0, 0.1) is 11.3 Å². The molecule has 1 heterocycles. The van der Waals surface area contributed by atoms with Gasteiger partial charge < -0.3 is 15.4 Å². The topological polar surface area (TPSA) is 70.0 Å². The highest BCUT2D eigenvalue weighted by Gasteiger charge is 2.11. The molecule has 2 aromatic carbocycles. The summed E-state index contributed by atoms with van der Waals surface area (Å²) in [4.78, 5) is 4.56. The Morgan fingerprint density at radius 2 is 2.03 bits per heavy atom. The van der Waals surface area contributed by atoms with Crippen LogP contribution in [0.2, 0.25) is 0 Å². The average molecular weight is 423 g/mol. The Labute approximate surface area is 189 Å². The van der Waals surface area contributed by atoms with Crippen LogP contribution in [0.15, 0.2) is 97.4 Å². The van der Waals surface area contributed by atoms with E-state index in [0.29, 0.717) is 17.9 Å². The van der Waals surface area contributed by atoms with Crippen LogP contribution >= 0.6 is 0 Å². The summed E-state index contributed by atoms with van der Waals surface area (Å²) in [6.07, 6.45) is 9.43. The first kappa shape index (κ1) is 22.4. The molecule has 2 N–H and O–H groups in total. The van der Waals surface area contributed by atoms with Gasteiger partial charge in [0.05, 0.1) is 24.6 Å². The summed E-state index contributed by atoms with van der Waals surface area (Å²) in [6, 6.07) is 16.1. The Balaban J connectivity index is 2.02. The summed E-state index contributed by atoms with van der Waals surface area (Å²) in [6.45, 7) is 9.92. The molecule has 0 bridgehead atoms. The number of benzene rings is 2. The van der Waals surface area contributed by atoms with E-state index in [1.165, 1.54) is 0 Å². The zero-order valence-electron chi connectivity index (χ0n) is 18.4. The number of pyridine rings is 1. The van der Waals surface area contributed by atoms with Gasteiger partial charge in [0.1, 0.15) is 5.75 Å². The lowest BCUT2D eigenvalue weighted by Gasteiger charge is -2.15.